The van der Waals surface area contributed by atoms with Crippen molar-refractivity contribution < 1.29 is 4.74 Å². The van der Waals surface area contributed by atoms with Crippen LogP contribution >= 0.6 is 0 Å². The zero-order valence-electron chi connectivity index (χ0n) is 11.0. The normalized spacial score (nSPS) is 16.0. The topological polar surface area (TPSA) is 38.5 Å². The zero-order valence-corrected chi connectivity index (χ0v) is 11.0. The van der Waals surface area contributed by atoms with Gasteiger partial charge in [-0.2, -0.15) is 0 Å². The Morgan fingerprint density at radius 3 is 2.33 bits per heavy atom. The molecule has 0 aromatic rings. The van der Waals surface area contributed by atoms with Crippen LogP contribution in [0.5, 0.6) is 0 Å². The van der Waals surface area contributed by atoms with Crippen LogP contribution in [0.15, 0.2) is 0 Å². The van der Waals surface area contributed by atoms with Crippen molar-refractivity contribution in [3.63, 3.8) is 0 Å². The van der Waals surface area contributed by atoms with E-state index in [2.05, 4.69) is 32.7 Å². The fourth-order valence-electron chi connectivity index (χ4n) is 2.04. The van der Waals surface area contributed by atoms with Gasteiger partial charge in [0.15, 0.2) is 0 Å². The van der Waals surface area contributed by atoms with E-state index in [1.165, 1.54) is 12.8 Å². The summed E-state index contributed by atoms with van der Waals surface area (Å²) in [6, 6.07) is 0. The van der Waals surface area contributed by atoms with E-state index < -0.39 is 0 Å². The fourth-order valence-corrected chi connectivity index (χ4v) is 2.04. The molecule has 0 radical (unpaired) electrons. The second kappa shape index (κ2) is 7.20. The Balaban J connectivity index is 4.57. The minimum atomic E-state index is -0.01000. The average Bonchev–Trinajstić information content (AvgIpc) is 2.22. The maximum Gasteiger partial charge on any atom is 0.0661 e. The molecule has 0 spiro atoms. The average molecular weight is 216 g/mol. The lowest BCUT2D eigenvalue weighted by molar-refractivity contribution is -0.00155. The Labute approximate surface area is 95.0 Å². The van der Waals surface area contributed by atoms with Crippen LogP contribution in [-0.2, 0) is 4.74 Å². The molecule has 0 rings (SSSR count). The molecule has 0 aliphatic rings. The quantitative estimate of drug-likeness (QED) is 0.671. The summed E-state index contributed by atoms with van der Waals surface area (Å²) in [5.74, 6) is 0.504. The summed E-state index contributed by atoms with van der Waals surface area (Å²) in [5.41, 5.74) is 5.94. The van der Waals surface area contributed by atoms with Crippen LogP contribution in [0, 0.1) is 5.92 Å². The summed E-state index contributed by atoms with van der Waals surface area (Å²) in [5, 5.41) is 0. The second-order valence-corrected chi connectivity index (χ2v) is 4.67. The first-order valence-corrected chi connectivity index (χ1v) is 5.95. The summed E-state index contributed by atoms with van der Waals surface area (Å²) in [7, 11) is 3.90. The number of rotatable bonds is 8. The maximum atomic E-state index is 5.95. The minimum Gasteiger partial charge on any atom is -0.383 e. The van der Waals surface area contributed by atoms with Gasteiger partial charge in [-0.3, -0.25) is 4.90 Å². The Kier molecular flexibility index (Phi) is 7.14. The summed E-state index contributed by atoms with van der Waals surface area (Å²) >= 11 is 0. The van der Waals surface area contributed by atoms with Crippen LogP contribution in [-0.4, -0.2) is 44.3 Å². The van der Waals surface area contributed by atoms with E-state index >= 15 is 0 Å². The van der Waals surface area contributed by atoms with Crippen LogP contribution < -0.4 is 5.73 Å². The van der Waals surface area contributed by atoms with Gasteiger partial charge in [-0.1, -0.05) is 27.2 Å². The largest absolute Gasteiger partial charge is 0.383 e. The van der Waals surface area contributed by atoms with E-state index in [4.69, 9.17) is 10.5 Å². The molecule has 92 valence electrons. The van der Waals surface area contributed by atoms with Crippen LogP contribution in [0.1, 0.15) is 33.6 Å². The molecule has 3 heteroatoms. The van der Waals surface area contributed by atoms with Crippen molar-refractivity contribution in [2.75, 3.05) is 33.9 Å². The molecule has 0 bridgehead atoms. The molecule has 2 N–H and O–H groups in total. The Hall–Kier alpha value is -0.120. The molecule has 3 nitrogen and oxygen atoms in total. The summed E-state index contributed by atoms with van der Waals surface area (Å²) in [6.45, 7) is 9.10. The molecule has 0 fully saturated rings. The molecular weight excluding hydrogens is 188 g/mol. The number of hydrogen-bond donors (Lipinski definition) is 1. The molecule has 0 heterocycles. The highest BCUT2D eigenvalue weighted by molar-refractivity contribution is 4.93. The Morgan fingerprint density at radius 1 is 1.40 bits per heavy atom. The van der Waals surface area contributed by atoms with Crippen molar-refractivity contribution in [3.05, 3.63) is 0 Å². The number of ether oxygens (including phenoxy) is 1. The lowest BCUT2D eigenvalue weighted by Gasteiger charge is -2.44. The molecule has 0 aliphatic heterocycles. The molecule has 1 unspecified atom stereocenters. The molecule has 1 atom stereocenters. The minimum absolute atomic E-state index is 0.01000. The lowest BCUT2D eigenvalue weighted by Crippen LogP contribution is -2.59. The molecule has 15 heavy (non-hydrogen) atoms. The fraction of sp³-hybridized carbons (Fsp3) is 1.00. The highest BCUT2D eigenvalue weighted by atomic mass is 16.5. The van der Waals surface area contributed by atoms with Gasteiger partial charge < -0.3 is 10.5 Å². The number of likely N-dealkylation sites (N-methyl/N-ethyl adjacent to an activating group) is 1. The summed E-state index contributed by atoms with van der Waals surface area (Å²) in [4.78, 5) is 2.37. The molecule has 0 amide bonds. The van der Waals surface area contributed by atoms with Crippen molar-refractivity contribution in [1.82, 2.24) is 4.90 Å². The molecule has 0 aromatic carbocycles. The maximum absolute atomic E-state index is 5.95. The van der Waals surface area contributed by atoms with Crippen LogP contribution in [0.2, 0.25) is 0 Å². The van der Waals surface area contributed by atoms with Crippen LogP contribution in [0.25, 0.3) is 0 Å². The first kappa shape index (κ1) is 14.9. The van der Waals surface area contributed by atoms with Gasteiger partial charge in [-0.15, -0.1) is 0 Å². The van der Waals surface area contributed by atoms with Gasteiger partial charge >= 0.3 is 0 Å². The molecule has 0 aliphatic carbocycles. The van der Waals surface area contributed by atoms with E-state index in [1.807, 2.05) is 0 Å². The van der Waals surface area contributed by atoms with Gasteiger partial charge in [0, 0.05) is 13.7 Å². The molecular formula is C12H28N2O. The first-order chi connectivity index (χ1) is 7.05. The molecule has 0 saturated heterocycles. The van der Waals surface area contributed by atoms with Gasteiger partial charge in [-0.25, -0.2) is 0 Å². The van der Waals surface area contributed by atoms with Gasteiger partial charge in [0.05, 0.1) is 12.1 Å². The van der Waals surface area contributed by atoms with E-state index in [0.717, 1.165) is 6.54 Å². The first-order valence-electron chi connectivity index (χ1n) is 5.95. The third kappa shape index (κ3) is 3.74. The Morgan fingerprint density at radius 2 is 2.00 bits per heavy atom. The third-order valence-electron chi connectivity index (χ3n) is 3.43. The molecule has 0 saturated carbocycles. The standard InChI is InChI=1S/C12H28N2O/c1-6-7-8-14(4)12(9-13,10-15-5)11(2)3/h11H,6-10,13H2,1-5H3. The van der Waals surface area contributed by atoms with E-state index in [0.29, 0.717) is 19.1 Å². The number of nitrogens with two attached hydrogens (primary N) is 1. The molecule has 0 aromatic heterocycles. The smallest absolute Gasteiger partial charge is 0.0661 e. The van der Waals surface area contributed by atoms with E-state index in [-0.39, 0.29) is 5.54 Å². The number of hydrogen-bond acceptors (Lipinski definition) is 3. The second-order valence-electron chi connectivity index (χ2n) is 4.67. The van der Waals surface area contributed by atoms with E-state index in [1.54, 1.807) is 7.11 Å². The van der Waals surface area contributed by atoms with Gasteiger partial charge in [-0.05, 0) is 25.9 Å². The van der Waals surface area contributed by atoms with Crippen LogP contribution in [0.4, 0.5) is 0 Å². The van der Waals surface area contributed by atoms with Crippen molar-refractivity contribution in [1.29, 1.82) is 0 Å². The van der Waals surface area contributed by atoms with E-state index in [9.17, 15) is 0 Å². The van der Waals surface area contributed by atoms with Crippen LogP contribution in [0.3, 0.4) is 0 Å². The summed E-state index contributed by atoms with van der Waals surface area (Å²) < 4.78 is 5.34. The third-order valence-corrected chi connectivity index (χ3v) is 3.43. The van der Waals surface area contributed by atoms with Crippen molar-refractivity contribution in [2.24, 2.45) is 11.7 Å². The highest BCUT2D eigenvalue weighted by Gasteiger charge is 2.36. The summed E-state index contributed by atoms with van der Waals surface area (Å²) in [6.07, 6.45) is 2.44. The van der Waals surface area contributed by atoms with Crippen molar-refractivity contribution in [3.8, 4) is 0 Å². The highest BCUT2D eigenvalue weighted by Crippen LogP contribution is 2.23. The van der Waals surface area contributed by atoms with Gasteiger partial charge in [0.1, 0.15) is 0 Å². The predicted octanol–water partition coefficient (Wildman–Crippen LogP) is 1.72. The van der Waals surface area contributed by atoms with Crippen molar-refractivity contribution in [2.45, 2.75) is 39.2 Å². The number of nitrogens with zero attached hydrogens (tertiary/aromatic N) is 1. The Bertz CT molecular complexity index is 162. The zero-order chi connectivity index (χ0) is 11.9. The lowest BCUT2D eigenvalue weighted by atomic mass is 9.85. The van der Waals surface area contributed by atoms with Gasteiger partial charge in [0.25, 0.3) is 0 Å². The SMILES string of the molecule is CCCCN(C)C(CN)(COC)C(C)C. The van der Waals surface area contributed by atoms with Crippen molar-refractivity contribution >= 4 is 0 Å². The number of unbranched alkanes of at least 4 members (excludes halogenated alkanes) is 1. The number of methoxy groups -OCH3 is 1. The van der Waals surface area contributed by atoms with Gasteiger partial charge in [0.2, 0.25) is 0 Å². The predicted molar refractivity (Wildman–Crippen MR) is 66.0 cm³/mol. The monoisotopic (exact) mass is 216 g/mol.